The molecule has 104 valence electrons. The van der Waals surface area contributed by atoms with E-state index >= 15 is 0 Å². The van der Waals surface area contributed by atoms with Crippen LogP contribution in [0.25, 0.3) is 0 Å². The van der Waals surface area contributed by atoms with E-state index in [1.807, 2.05) is 0 Å². The fraction of sp³-hybridized carbons (Fsp3) is 0.429. The van der Waals surface area contributed by atoms with Gasteiger partial charge in [-0.2, -0.15) is 0 Å². The smallest absolute Gasteiger partial charge is 0.308 e. The third kappa shape index (κ3) is 5.07. The molecule has 0 saturated heterocycles. The Bertz CT molecular complexity index is 460. The molecule has 0 aliphatic heterocycles. The number of nitrogens with one attached hydrogen (secondary N) is 1. The summed E-state index contributed by atoms with van der Waals surface area (Å²) in [5.74, 6) is -2.31. The minimum absolute atomic E-state index is 0.0438. The number of carboxylic acid groups (broad SMARTS) is 1. The van der Waals surface area contributed by atoms with Crippen molar-refractivity contribution in [1.29, 1.82) is 0 Å². The normalized spacial score (nSPS) is 12.2. The van der Waals surface area contributed by atoms with Gasteiger partial charge in [-0.3, -0.25) is 9.59 Å². The summed E-state index contributed by atoms with van der Waals surface area (Å²) in [5.41, 5.74) is 0.564. The quantitative estimate of drug-likeness (QED) is 0.826. The summed E-state index contributed by atoms with van der Waals surface area (Å²) in [6.07, 6.45) is 0.0438. The Hall–Kier alpha value is -1.91. The Balaban J connectivity index is 2.50. The van der Waals surface area contributed by atoms with Crippen molar-refractivity contribution in [2.24, 2.45) is 11.8 Å². The second-order valence-corrected chi connectivity index (χ2v) is 4.80. The summed E-state index contributed by atoms with van der Waals surface area (Å²) in [6.45, 7) is 3.66. The van der Waals surface area contributed by atoms with Gasteiger partial charge in [0, 0.05) is 6.54 Å². The minimum Gasteiger partial charge on any atom is -0.481 e. The fourth-order valence-electron chi connectivity index (χ4n) is 1.73. The van der Waals surface area contributed by atoms with Gasteiger partial charge in [-0.25, -0.2) is 4.39 Å². The summed E-state index contributed by atoms with van der Waals surface area (Å²) in [6, 6.07) is 5.78. The number of carbonyl (C=O) groups excluding carboxylic acids is 1. The van der Waals surface area contributed by atoms with Gasteiger partial charge in [0.05, 0.1) is 12.3 Å². The molecule has 1 aromatic carbocycles. The van der Waals surface area contributed by atoms with Crippen LogP contribution in [-0.4, -0.2) is 23.5 Å². The number of hydrogen-bond donors (Lipinski definition) is 2. The van der Waals surface area contributed by atoms with Gasteiger partial charge in [0.1, 0.15) is 5.82 Å². The molecule has 0 heterocycles. The van der Waals surface area contributed by atoms with Crippen LogP contribution in [0, 0.1) is 17.7 Å². The molecule has 19 heavy (non-hydrogen) atoms. The molecule has 0 spiro atoms. The summed E-state index contributed by atoms with van der Waals surface area (Å²) >= 11 is 0. The number of amides is 1. The van der Waals surface area contributed by atoms with Crippen molar-refractivity contribution in [2.75, 3.05) is 6.54 Å². The molecule has 0 saturated carbocycles. The molecule has 2 N–H and O–H groups in total. The maximum Gasteiger partial charge on any atom is 0.308 e. The van der Waals surface area contributed by atoms with Crippen molar-refractivity contribution in [3.05, 3.63) is 35.6 Å². The number of carbonyl (C=O) groups is 2. The summed E-state index contributed by atoms with van der Waals surface area (Å²) in [4.78, 5) is 22.6. The van der Waals surface area contributed by atoms with Gasteiger partial charge in [-0.1, -0.05) is 26.0 Å². The molecule has 0 bridgehead atoms. The van der Waals surface area contributed by atoms with Gasteiger partial charge in [0.15, 0.2) is 0 Å². The zero-order valence-corrected chi connectivity index (χ0v) is 11.0. The van der Waals surface area contributed by atoms with Crippen LogP contribution in [0.3, 0.4) is 0 Å². The Morgan fingerprint density at radius 3 is 2.58 bits per heavy atom. The molecule has 1 amide bonds. The third-order valence-electron chi connectivity index (χ3n) is 2.89. The second-order valence-electron chi connectivity index (χ2n) is 4.80. The molecule has 4 nitrogen and oxygen atoms in total. The standard InChI is InChI=1S/C14H18FNO3/c1-9(2)12(14(18)19)8-16-13(17)7-10-4-3-5-11(15)6-10/h3-6,9,12H,7-8H2,1-2H3,(H,16,17)(H,18,19). The second kappa shape index (κ2) is 6.87. The SMILES string of the molecule is CC(C)C(CNC(=O)Cc1cccc(F)c1)C(=O)O. The first-order valence-electron chi connectivity index (χ1n) is 6.14. The van der Waals surface area contributed by atoms with E-state index in [2.05, 4.69) is 5.32 Å². The Morgan fingerprint density at radius 1 is 1.37 bits per heavy atom. The molecule has 0 aromatic heterocycles. The molecule has 1 unspecified atom stereocenters. The first-order valence-corrected chi connectivity index (χ1v) is 6.14. The third-order valence-corrected chi connectivity index (χ3v) is 2.89. The Labute approximate surface area is 111 Å². The average molecular weight is 267 g/mol. The molecule has 0 aliphatic rings. The van der Waals surface area contributed by atoms with Crippen LogP contribution in [0.2, 0.25) is 0 Å². The monoisotopic (exact) mass is 267 g/mol. The van der Waals surface area contributed by atoms with E-state index in [0.717, 1.165) is 0 Å². The van der Waals surface area contributed by atoms with Crippen LogP contribution in [0.15, 0.2) is 24.3 Å². The molecule has 1 rings (SSSR count). The van der Waals surface area contributed by atoms with Gasteiger partial charge in [0.25, 0.3) is 0 Å². The van der Waals surface area contributed by atoms with Crippen molar-refractivity contribution in [3.63, 3.8) is 0 Å². The van der Waals surface area contributed by atoms with Crippen LogP contribution < -0.4 is 5.32 Å². The van der Waals surface area contributed by atoms with E-state index in [-0.39, 0.29) is 24.8 Å². The van der Waals surface area contributed by atoms with Crippen LogP contribution in [0.5, 0.6) is 0 Å². The molecule has 1 atom stereocenters. The lowest BCUT2D eigenvalue weighted by Gasteiger charge is -2.16. The average Bonchev–Trinajstić information content (AvgIpc) is 2.27. The van der Waals surface area contributed by atoms with E-state index < -0.39 is 17.7 Å². The zero-order valence-electron chi connectivity index (χ0n) is 11.0. The van der Waals surface area contributed by atoms with Gasteiger partial charge >= 0.3 is 5.97 Å². The Morgan fingerprint density at radius 2 is 2.05 bits per heavy atom. The molecule has 0 radical (unpaired) electrons. The maximum absolute atomic E-state index is 12.9. The summed E-state index contributed by atoms with van der Waals surface area (Å²) < 4.78 is 12.9. The number of halogens is 1. The summed E-state index contributed by atoms with van der Waals surface area (Å²) in [5, 5.41) is 11.6. The topological polar surface area (TPSA) is 66.4 Å². The zero-order chi connectivity index (χ0) is 14.4. The van der Waals surface area contributed by atoms with Gasteiger partial charge in [0.2, 0.25) is 5.91 Å². The van der Waals surface area contributed by atoms with Gasteiger partial charge < -0.3 is 10.4 Å². The lowest BCUT2D eigenvalue weighted by molar-refractivity contribution is -0.143. The first-order chi connectivity index (χ1) is 8.90. The molecular formula is C14H18FNO3. The lowest BCUT2D eigenvalue weighted by atomic mass is 9.96. The van der Waals surface area contributed by atoms with Crippen molar-refractivity contribution >= 4 is 11.9 Å². The van der Waals surface area contributed by atoms with Crippen LogP contribution in [-0.2, 0) is 16.0 Å². The van der Waals surface area contributed by atoms with Crippen LogP contribution in [0.1, 0.15) is 19.4 Å². The highest BCUT2D eigenvalue weighted by atomic mass is 19.1. The van der Waals surface area contributed by atoms with Crippen molar-refractivity contribution in [1.82, 2.24) is 5.32 Å². The minimum atomic E-state index is -0.930. The molecule has 0 fully saturated rings. The van der Waals surface area contributed by atoms with Crippen molar-refractivity contribution in [3.8, 4) is 0 Å². The van der Waals surface area contributed by atoms with Gasteiger partial charge in [-0.15, -0.1) is 0 Å². The van der Waals surface area contributed by atoms with E-state index in [1.54, 1.807) is 19.9 Å². The highest BCUT2D eigenvalue weighted by Crippen LogP contribution is 2.10. The van der Waals surface area contributed by atoms with Gasteiger partial charge in [-0.05, 0) is 23.6 Å². The van der Waals surface area contributed by atoms with Crippen LogP contribution >= 0.6 is 0 Å². The highest BCUT2D eigenvalue weighted by molar-refractivity contribution is 5.79. The Kier molecular flexibility index (Phi) is 5.48. The number of aliphatic carboxylic acids is 1. The molecule has 5 heteroatoms. The molecule has 0 aliphatic carbocycles. The predicted molar refractivity (Wildman–Crippen MR) is 69.1 cm³/mol. The first kappa shape index (κ1) is 15.1. The van der Waals surface area contributed by atoms with E-state index in [9.17, 15) is 14.0 Å². The predicted octanol–water partition coefficient (Wildman–Crippen LogP) is 1.84. The number of hydrogen-bond acceptors (Lipinski definition) is 2. The fourth-order valence-corrected chi connectivity index (χ4v) is 1.73. The summed E-state index contributed by atoms with van der Waals surface area (Å²) in [7, 11) is 0. The van der Waals surface area contributed by atoms with E-state index in [4.69, 9.17) is 5.11 Å². The number of carboxylic acids is 1. The van der Waals surface area contributed by atoms with E-state index in [0.29, 0.717) is 5.56 Å². The molecule has 1 aromatic rings. The number of rotatable bonds is 6. The van der Waals surface area contributed by atoms with E-state index in [1.165, 1.54) is 18.2 Å². The van der Waals surface area contributed by atoms with Crippen molar-refractivity contribution < 1.29 is 19.1 Å². The largest absolute Gasteiger partial charge is 0.481 e. The van der Waals surface area contributed by atoms with Crippen molar-refractivity contribution in [2.45, 2.75) is 20.3 Å². The number of benzene rings is 1. The maximum atomic E-state index is 12.9. The highest BCUT2D eigenvalue weighted by Gasteiger charge is 2.21. The van der Waals surface area contributed by atoms with Crippen LogP contribution in [0.4, 0.5) is 4.39 Å². The molecular weight excluding hydrogens is 249 g/mol. The lowest BCUT2D eigenvalue weighted by Crippen LogP contribution is -2.36.